The Kier molecular flexibility index (Phi) is 5.14. The topological polar surface area (TPSA) is 60.7 Å². The molecule has 3 heteroatoms. The van der Waals surface area contributed by atoms with Crippen LogP contribution in [0.4, 0.5) is 0 Å². The van der Waals surface area contributed by atoms with Crippen molar-refractivity contribution in [2.75, 3.05) is 0 Å². The first kappa shape index (κ1) is 15.4. The van der Waals surface area contributed by atoms with Gasteiger partial charge in [0.1, 0.15) is 6.10 Å². The summed E-state index contributed by atoms with van der Waals surface area (Å²) in [4.78, 5) is 0. The lowest BCUT2D eigenvalue weighted by molar-refractivity contribution is -0.0987. The number of rotatable bonds is 4. The van der Waals surface area contributed by atoms with Crippen LogP contribution in [0.25, 0.3) is 0 Å². The summed E-state index contributed by atoms with van der Waals surface area (Å²) < 4.78 is 0. The van der Waals surface area contributed by atoms with Gasteiger partial charge in [-0.3, -0.25) is 0 Å². The minimum Gasteiger partial charge on any atom is -0.390 e. The molecule has 3 N–H and O–H groups in total. The van der Waals surface area contributed by atoms with Crippen molar-refractivity contribution in [3.8, 4) is 0 Å². The molecule has 0 amide bonds. The van der Waals surface area contributed by atoms with Crippen molar-refractivity contribution in [2.24, 2.45) is 5.92 Å². The summed E-state index contributed by atoms with van der Waals surface area (Å²) in [5.74, 6) is -0.304. The zero-order valence-electron chi connectivity index (χ0n) is 11.8. The van der Waals surface area contributed by atoms with Crippen LogP contribution in [0.1, 0.15) is 47.0 Å². The molecular formula is C15H26O3. The van der Waals surface area contributed by atoms with E-state index < -0.39 is 17.8 Å². The predicted molar refractivity (Wildman–Crippen MR) is 73.2 cm³/mol. The largest absolute Gasteiger partial charge is 0.390 e. The van der Waals surface area contributed by atoms with E-state index in [1.165, 1.54) is 5.57 Å². The molecule has 0 saturated carbocycles. The Morgan fingerprint density at radius 3 is 2.61 bits per heavy atom. The van der Waals surface area contributed by atoms with E-state index in [2.05, 4.69) is 6.08 Å². The Bertz CT molecular complexity index is 338. The van der Waals surface area contributed by atoms with Gasteiger partial charge in [0.05, 0.1) is 11.7 Å². The highest BCUT2D eigenvalue weighted by Crippen LogP contribution is 2.35. The van der Waals surface area contributed by atoms with Crippen LogP contribution in [0.2, 0.25) is 0 Å². The average molecular weight is 254 g/mol. The molecule has 18 heavy (non-hydrogen) atoms. The van der Waals surface area contributed by atoms with E-state index in [0.29, 0.717) is 12.8 Å². The van der Waals surface area contributed by atoms with Crippen LogP contribution in [-0.4, -0.2) is 33.1 Å². The maximum atomic E-state index is 10.5. The first-order valence-electron chi connectivity index (χ1n) is 6.64. The Labute approximate surface area is 110 Å². The number of hydrogen-bond acceptors (Lipinski definition) is 3. The third-order valence-electron chi connectivity index (χ3n) is 3.90. The lowest BCUT2D eigenvalue weighted by Crippen LogP contribution is -2.48. The monoisotopic (exact) mass is 254 g/mol. The lowest BCUT2D eigenvalue weighted by Gasteiger charge is -2.40. The number of allylic oxidation sites excluding steroid dienone is 3. The van der Waals surface area contributed by atoms with Gasteiger partial charge in [-0.2, -0.15) is 0 Å². The zero-order chi connectivity index (χ0) is 13.9. The van der Waals surface area contributed by atoms with Crippen LogP contribution >= 0.6 is 0 Å². The number of aliphatic hydroxyl groups is 3. The molecule has 0 aromatic rings. The SMILES string of the molecule is CC(C)=CCC[C@](C)(O)[C@@H]1CC=C(C)[C@@H](O)[C@H]1O. The van der Waals surface area contributed by atoms with Gasteiger partial charge in [-0.15, -0.1) is 0 Å². The molecule has 1 aliphatic carbocycles. The van der Waals surface area contributed by atoms with E-state index in [1.54, 1.807) is 6.92 Å². The van der Waals surface area contributed by atoms with Gasteiger partial charge in [-0.05, 0) is 52.5 Å². The van der Waals surface area contributed by atoms with Gasteiger partial charge < -0.3 is 15.3 Å². The van der Waals surface area contributed by atoms with Crippen LogP contribution < -0.4 is 0 Å². The summed E-state index contributed by atoms with van der Waals surface area (Å²) in [6.07, 6.45) is 4.27. The van der Waals surface area contributed by atoms with Gasteiger partial charge in [-0.25, -0.2) is 0 Å². The summed E-state index contributed by atoms with van der Waals surface area (Å²) >= 11 is 0. The summed E-state index contributed by atoms with van der Waals surface area (Å²) in [5, 5.41) is 30.4. The fourth-order valence-corrected chi connectivity index (χ4v) is 2.52. The first-order chi connectivity index (χ1) is 8.25. The third kappa shape index (κ3) is 3.67. The van der Waals surface area contributed by atoms with Crippen LogP contribution in [0.5, 0.6) is 0 Å². The molecule has 0 aliphatic heterocycles. The van der Waals surface area contributed by atoms with Gasteiger partial charge >= 0.3 is 0 Å². The fourth-order valence-electron chi connectivity index (χ4n) is 2.52. The van der Waals surface area contributed by atoms with E-state index in [0.717, 1.165) is 12.0 Å². The predicted octanol–water partition coefficient (Wildman–Crippen LogP) is 2.17. The fraction of sp³-hybridized carbons (Fsp3) is 0.733. The van der Waals surface area contributed by atoms with E-state index >= 15 is 0 Å². The standard InChI is InChI=1S/C15H26O3/c1-10(2)6-5-9-15(4,18)12-8-7-11(3)13(16)14(12)17/h6-7,12-14,16-18H,5,8-9H2,1-4H3/t12-,13-,14+,15+/m1/s1. The molecular weight excluding hydrogens is 228 g/mol. The quantitative estimate of drug-likeness (QED) is 0.674. The molecule has 0 bridgehead atoms. The Hall–Kier alpha value is -0.640. The van der Waals surface area contributed by atoms with Crippen molar-refractivity contribution in [3.05, 3.63) is 23.3 Å². The molecule has 0 unspecified atom stereocenters. The van der Waals surface area contributed by atoms with E-state index in [1.807, 2.05) is 26.8 Å². The summed E-state index contributed by atoms with van der Waals surface area (Å²) in [5.41, 5.74) is 1.06. The highest BCUT2D eigenvalue weighted by atomic mass is 16.3. The highest BCUT2D eigenvalue weighted by Gasteiger charge is 2.41. The first-order valence-corrected chi connectivity index (χ1v) is 6.64. The van der Waals surface area contributed by atoms with Gasteiger partial charge in [-0.1, -0.05) is 17.7 Å². The minimum atomic E-state index is -0.955. The molecule has 104 valence electrons. The van der Waals surface area contributed by atoms with Gasteiger partial charge in [0.25, 0.3) is 0 Å². The highest BCUT2D eigenvalue weighted by molar-refractivity contribution is 5.15. The van der Waals surface area contributed by atoms with Gasteiger partial charge in [0.2, 0.25) is 0 Å². The minimum absolute atomic E-state index is 0.304. The van der Waals surface area contributed by atoms with E-state index in [9.17, 15) is 15.3 Å². The Balaban J connectivity index is 2.70. The smallest absolute Gasteiger partial charge is 0.101 e. The molecule has 0 aromatic heterocycles. The van der Waals surface area contributed by atoms with Crippen molar-refractivity contribution in [1.82, 2.24) is 0 Å². The second-order valence-corrected chi connectivity index (χ2v) is 5.90. The molecule has 4 atom stereocenters. The van der Waals surface area contributed by atoms with Crippen molar-refractivity contribution in [1.29, 1.82) is 0 Å². The van der Waals surface area contributed by atoms with Gasteiger partial charge in [0.15, 0.2) is 0 Å². The van der Waals surface area contributed by atoms with Crippen LogP contribution in [0.3, 0.4) is 0 Å². The summed E-state index contributed by atoms with van der Waals surface area (Å²) in [6, 6.07) is 0. The summed E-state index contributed by atoms with van der Waals surface area (Å²) in [6.45, 7) is 7.61. The average Bonchev–Trinajstić information content (AvgIpc) is 2.24. The summed E-state index contributed by atoms with van der Waals surface area (Å²) in [7, 11) is 0. The molecule has 0 fully saturated rings. The molecule has 0 spiro atoms. The third-order valence-corrected chi connectivity index (χ3v) is 3.90. The Morgan fingerprint density at radius 2 is 2.06 bits per heavy atom. The molecule has 1 rings (SSSR count). The van der Waals surface area contributed by atoms with Crippen molar-refractivity contribution in [3.63, 3.8) is 0 Å². The molecule has 1 aliphatic rings. The van der Waals surface area contributed by atoms with Crippen molar-refractivity contribution < 1.29 is 15.3 Å². The van der Waals surface area contributed by atoms with Crippen LogP contribution in [0.15, 0.2) is 23.3 Å². The van der Waals surface area contributed by atoms with Crippen molar-refractivity contribution in [2.45, 2.75) is 64.8 Å². The van der Waals surface area contributed by atoms with Crippen LogP contribution in [0, 0.1) is 5.92 Å². The normalized spacial score (nSPS) is 31.5. The lowest BCUT2D eigenvalue weighted by atomic mass is 9.73. The van der Waals surface area contributed by atoms with Crippen LogP contribution in [-0.2, 0) is 0 Å². The van der Waals surface area contributed by atoms with E-state index in [4.69, 9.17) is 0 Å². The molecule has 0 saturated heterocycles. The maximum absolute atomic E-state index is 10.5. The second kappa shape index (κ2) is 6.00. The zero-order valence-corrected chi connectivity index (χ0v) is 11.8. The number of hydrogen-bond donors (Lipinski definition) is 3. The Morgan fingerprint density at radius 1 is 1.44 bits per heavy atom. The van der Waals surface area contributed by atoms with E-state index in [-0.39, 0.29) is 5.92 Å². The van der Waals surface area contributed by atoms with Gasteiger partial charge in [0, 0.05) is 5.92 Å². The number of aliphatic hydroxyl groups excluding tert-OH is 2. The molecule has 3 nitrogen and oxygen atoms in total. The molecule has 0 heterocycles. The molecule has 0 aromatic carbocycles. The maximum Gasteiger partial charge on any atom is 0.101 e. The van der Waals surface area contributed by atoms with Crippen molar-refractivity contribution >= 4 is 0 Å². The second-order valence-electron chi connectivity index (χ2n) is 5.90. The molecule has 0 radical (unpaired) electrons.